The summed E-state index contributed by atoms with van der Waals surface area (Å²) in [5.41, 5.74) is 6.08. The van der Waals surface area contributed by atoms with E-state index in [2.05, 4.69) is 15.1 Å². The number of halogens is 2. The lowest BCUT2D eigenvalue weighted by molar-refractivity contribution is 0.372. The molecule has 90 valence electrons. The Bertz CT molecular complexity index is 527. The van der Waals surface area contributed by atoms with E-state index in [0.29, 0.717) is 33.9 Å². The molecule has 0 radical (unpaired) electrons. The Balaban J connectivity index is 2.30. The fraction of sp³-hybridized carbons (Fsp3) is 0.300. The summed E-state index contributed by atoms with van der Waals surface area (Å²) in [5.74, 6) is 0.796. The van der Waals surface area contributed by atoms with Crippen molar-refractivity contribution < 1.29 is 4.52 Å². The van der Waals surface area contributed by atoms with Crippen LogP contribution in [0.3, 0.4) is 0 Å². The van der Waals surface area contributed by atoms with E-state index in [1.807, 2.05) is 6.92 Å². The molecule has 2 heterocycles. The van der Waals surface area contributed by atoms with Crippen molar-refractivity contribution in [1.29, 1.82) is 0 Å². The van der Waals surface area contributed by atoms with Crippen molar-refractivity contribution in [1.82, 2.24) is 15.1 Å². The number of aromatic nitrogens is 3. The van der Waals surface area contributed by atoms with Crippen molar-refractivity contribution >= 4 is 23.2 Å². The molecule has 0 saturated heterocycles. The summed E-state index contributed by atoms with van der Waals surface area (Å²) in [4.78, 5) is 8.22. The molecule has 1 atom stereocenters. The average Bonchev–Trinajstić information content (AvgIpc) is 2.65. The first kappa shape index (κ1) is 12.3. The highest BCUT2D eigenvalue weighted by Gasteiger charge is 2.14. The molecule has 0 aliphatic carbocycles. The van der Waals surface area contributed by atoms with Gasteiger partial charge in [0.15, 0.2) is 0 Å². The van der Waals surface area contributed by atoms with Gasteiger partial charge in [-0.25, -0.2) is 4.98 Å². The fourth-order valence-corrected chi connectivity index (χ4v) is 1.75. The normalized spacial score (nSPS) is 12.7. The maximum Gasteiger partial charge on any atom is 0.228 e. The molecular weight excluding hydrogens is 263 g/mol. The molecule has 2 rings (SSSR count). The fourth-order valence-electron chi connectivity index (χ4n) is 1.29. The van der Waals surface area contributed by atoms with Gasteiger partial charge < -0.3 is 10.3 Å². The van der Waals surface area contributed by atoms with Gasteiger partial charge in [-0.2, -0.15) is 4.98 Å². The molecule has 2 aromatic heterocycles. The van der Waals surface area contributed by atoms with Crippen LogP contribution in [0.4, 0.5) is 0 Å². The molecule has 5 nitrogen and oxygen atoms in total. The zero-order chi connectivity index (χ0) is 12.4. The first-order valence-corrected chi connectivity index (χ1v) is 5.71. The van der Waals surface area contributed by atoms with E-state index >= 15 is 0 Å². The summed E-state index contributed by atoms with van der Waals surface area (Å²) in [6.07, 6.45) is 1.99. The lowest BCUT2D eigenvalue weighted by Crippen LogP contribution is -2.17. The Morgan fingerprint density at radius 1 is 1.47 bits per heavy atom. The van der Waals surface area contributed by atoms with Crippen molar-refractivity contribution in [2.45, 2.75) is 19.4 Å². The highest BCUT2D eigenvalue weighted by atomic mass is 35.5. The summed E-state index contributed by atoms with van der Waals surface area (Å²) < 4.78 is 5.04. The van der Waals surface area contributed by atoms with Gasteiger partial charge in [0, 0.05) is 18.7 Å². The van der Waals surface area contributed by atoms with Gasteiger partial charge in [-0.1, -0.05) is 28.4 Å². The zero-order valence-electron chi connectivity index (χ0n) is 9.02. The lowest BCUT2D eigenvalue weighted by atomic mass is 10.2. The van der Waals surface area contributed by atoms with Gasteiger partial charge in [-0.15, -0.1) is 0 Å². The average molecular weight is 273 g/mol. The molecule has 0 aliphatic heterocycles. The first-order valence-electron chi connectivity index (χ1n) is 4.96. The van der Waals surface area contributed by atoms with Crippen molar-refractivity contribution in [3.63, 3.8) is 0 Å². The third-order valence-corrected chi connectivity index (χ3v) is 2.48. The van der Waals surface area contributed by atoms with Crippen molar-refractivity contribution in [3.8, 4) is 11.5 Å². The number of rotatable bonds is 3. The molecule has 17 heavy (non-hydrogen) atoms. The molecule has 7 heteroatoms. The maximum absolute atomic E-state index is 5.99. The second-order valence-corrected chi connectivity index (χ2v) is 4.52. The molecular formula is C10H10Cl2N4O. The third-order valence-electron chi connectivity index (χ3n) is 1.98. The van der Waals surface area contributed by atoms with Crippen molar-refractivity contribution in [3.05, 3.63) is 28.2 Å². The van der Waals surface area contributed by atoms with Crippen molar-refractivity contribution in [2.24, 2.45) is 5.73 Å². The molecule has 0 aliphatic rings. The Morgan fingerprint density at radius 3 is 2.88 bits per heavy atom. The van der Waals surface area contributed by atoms with Crippen LogP contribution in [-0.4, -0.2) is 21.2 Å². The number of nitrogens with zero attached hydrogens (tertiary/aromatic N) is 3. The van der Waals surface area contributed by atoms with E-state index < -0.39 is 0 Å². The number of pyridine rings is 1. The number of nitrogens with two attached hydrogens (primary N) is 1. The predicted molar refractivity (Wildman–Crippen MR) is 64.9 cm³/mol. The minimum absolute atomic E-state index is 0.0445. The Hall–Kier alpha value is -1.17. The molecule has 2 N–H and O–H groups in total. The smallest absolute Gasteiger partial charge is 0.228 e. The van der Waals surface area contributed by atoms with Crippen LogP contribution < -0.4 is 5.73 Å². The maximum atomic E-state index is 5.99. The molecule has 2 aromatic rings. The van der Waals surface area contributed by atoms with E-state index in [1.54, 1.807) is 6.07 Å². The van der Waals surface area contributed by atoms with Gasteiger partial charge in [0.1, 0.15) is 5.69 Å². The SMILES string of the molecule is CC(N)Cc1nc(-c2ncc(Cl)cc2Cl)no1. The van der Waals surface area contributed by atoms with Gasteiger partial charge >= 0.3 is 0 Å². The molecule has 0 spiro atoms. The predicted octanol–water partition coefficient (Wildman–Crippen LogP) is 2.33. The van der Waals surface area contributed by atoms with Crippen LogP contribution in [0.2, 0.25) is 10.0 Å². The summed E-state index contributed by atoms with van der Waals surface area (Å²) in [7, 11) is 0. The molecule has 0 saturated carbocycles. The van der Waals surface area contributed by atoms with Crippen LogP contribution in [0, 0.1) is 0 Å². The number of hydrogen-bond acceptors (Lipinski definition) is 5. The summed E-state index contributed by atoms with van der Waals surface area (Å²) in [5, 5.41) is 4.64. The monoisotopic (exact) mass is 272 g/mol. The Kier molecular flexibility index (Phi) is 3.61. The highest BCUT2D eigenvalue weighted by Crippen LogP contribution is 2.25. The quantitative estimate of drug-likeness (QED) is 0.928. The minimum atomic E-state index is -0.0445. The van der Waals surface area contributed by atoms with E-state index in [0.717, 1.165) is 0 Å². The largest absolute Gasteiger partial charge is 0.339 e. The van der Waals surface area contributed by atoms with E-state index in [-0.39, 0.29) is 6.04 Å². The van der Waals surface area contributed by atoms with Gasteiger partial charge in [0.05, 0.1) is 10.0 Å². The van der Waals surface area contributed by atoms with Gasteiger partial charge in [0.2, 0.25) is 11.7 Å². The van der Waals surface area contributed by atoms with Gasteiger partial charge in [0.25, 0.3) is 0 Å². The molecule has 0 bridgehead atoms. The lowest BCUT2D eigenvalue weighted by Gasteiger charge is -1.98. The van der Waals surface area contributed by atoms with Crippen LogP contribution in [-0.2, 0) is 6.42 Å². The molecule has 0 amide bonds. The Labute approximate surface area is 108 Å². The van der Waals surface area contributed by atoms with Crippen molar-refractivity contribution in [2.75, 3.05) is 0 Å². The molecule has 0 fully saturated rings. The van der Waals surface area contributed by atoms with Gasteiger partial charge in [-0.05, 0) is 13.0 Å². The van der Waals surface area contributed by atoms with E-state index in [1.165, 1.54) is 6.20 Å². The third kappa shape index (κ3) is 2.94. The number of hydrogen-bond donors (Lipinski definition) is 1. The first-order chi connectivity index (χ1) is 8.06. The summed E-state index contributed by atoms with van der Waals surface area (Å²) in [6, 6.07) is 1.53. The van der Waals surface area contributed by atoms with E-state index in [4.69, 9.17) is 33.5 Å². The van der Waals surface area contributed by atoms with Crippen LogP contribution in [0.25, 0.3) is 11.5 Å². The summed E-state index contributed by atoms with van der Waals surface area (Å²) >= 11 is 11.7. The zero-order valence-corrected chi connectivity index (χ0v) is 10.5. The van der Waals surface area contributed by atoms with Crippen LogP contribution >= 0.6 is 23.2 Å². The van der Waals surface area contributed by atoms with Crippen LogP contribution in [0.15, 0.2) is 16.8 Å². The standard InChI is InChI=1S/C10H10Cl2N4O/c1-5(13)2-8-15-10(16-17-8)9-7(12)3-6(11)4-14-9/h3-5H,2,13H2,1H3. The highest BCUT2D eigenvalue weighted by molar-refractivity contribution is 6.35. The minimum Gasteiger partial charge on any atom is -0.339 e. The van der Waals surface area contributed by atoms with E-state index in [9.17, 15) is 0 Å². The topological polar surface area (TPSA) is 77.8 Å². The van der Waals surface area contributed by atoms with Crippen LogP contribution in [0.5, 0.6) is 0 Å². The second-order valence-electron chi connectivity index (χ2n) is 3.68. The van der Waals surface area contributed by atoms with Crippen LogP contribution in [0.1, 0.15) is 12.8 Å². The second kappa shape index (κ2) is 5.00. The molecule has 0 aromatic carbocycles. The Morgan fingerprint density at radius 2 is 2.24 bits per heavy atom. The summed E-state index contributed by atoms with van der Waals surface area (Å²) in [6.45, 7) is 1.86. The molecule has 1 unspecified atom stereocenters. The van der Waals surface area contributed by atoms with Gasteiger partial charge in [-0.3, -0.25) is 0 Å².